The van der Waals surface area contributed by atoms with E-state index in [1.807, 2.05) is 0 Å². The van der Waals surface area contributed by atoms with Gasteiger partial charge in [-0.25, -0.2) is 4.79 Å². The molecule has 0 aliphatic rings. The van der Waals surface area contributed by atoms with Crippen LogP contribution in [0.5, 0.6) is 0 Å². The Kier molecular flexibility index (Phi) is 3.21. The Labute approximate surface area is 79.6 Å². The largest absolute Gasteiger partial charge is 0.363 e. The highest BCUT2D eigenvalue weighted by Gasteiger charge is 2.12. The van der Waals surface area contributed by atoms with Crippen LogP contribution in [-0.2, 0) is 15.5 Å². The summed E-state index contributed by atoms with van der Waals surface area (Å²) in [5.74, 6) is -0.854. The molecule has 12 heavy (non-hydrogen) atoms. The Balaban J connectivity index is 2.72. The van der Waals surface area contributed by atoms with Crippen molar-refractivity contribution in [1.29, 1.82) is 0 Å². The van der Waals surface area contributed by atoms with Crippen molar-refractivity contribution < 1.29 is 17.7 Å². The molecule has 0 fully saturated rings. The van der Waals surface area contributed by atoms with Gasteiger partial charge in [-0.1, -0.05) is 11.6 Å². The first kappa shape index (κ1) is 9.66. The Morgan fingerprint density at radius 2 is 2.33 bits per heavy atom. The summed E-state index contributed by atoms with van der Waals surface area (Å²) in [6.45, 7) is 0. The average molecular weight is 227 g/mol. The maximum atomic E-state index is 10.8. The number of carbonyl (C=O) groups is 1. The van der Waals surface area contributed by atoms with Crippen LogP contribution in [0.1, 0.15) is 9.67 Å². The SMILES string of the molecule is O=C(OS(=O)O)c1ccc(Cl)s1. The summed E-state index contributed by atoms with van der Waals surface area (Å²) in [6.07, 6.45) is 0. The van der Waals surface area contributed by atoms with Gasteiger partial charge >= 0.3 is 17.3 Å². The molecule has 1 heterocycles. The van der Waals surface area contributed by atoms with Crippen molar-refractivity contribution in [2.75, 3.05) is 0 Å². The minimum atomic E-state index is -2.57. The standard InChI is InChI=1S/C5H3ClO4S2/c6-4-2-1-3(11-4)5(7)10-12(8)9/h1-2H,(H,8,9). The predicted molar refractivity (Wildman–Crippen MR) is 45.5 cm³/mol. The number of carbonyl (C=O) groups excluding carboxylic acids is 1. The quantitative estimate of drug-likeness (QED) is 0.780. The molecule has 0 saturated carbocycles. The van der Waals surface area contributed by atoms with Gasteiger partial charge in [-0.05, 0) is 12.1 Å². The van der Waals surface area contributed by atoms with Crippen molar-refractivity contribution in [3.8, 4) is 0 Å². The summed E-state index contributed by atoms with van der Waals surface area (Å²) in [6, 6.07) is 2.92. The Hall–Kier alpha value is -0.430. The molecule has 4 nitrogen and oxygen atoms in total. The molecule has 0 amide bonds. The van der Waals surface area contributed by atoms with Gasteiger partial charge in [0, 0.05) is 0 Å². The van der Waals surface area contributed by atoms with Crippen LogP contribution in [0, 0.1) is 0 Å². The number of hydrogen-bond acceptors (Lipinski definition) is 4. The van der Waals surface area contributed by atoms with Crippen molar-refractivity contribution in [2.24, 2.45) is 0 Å². The first-order chi connectivity index (χ1) is 5.59. The van der Waals surface area contributed by atoms with Gasteiger partial charge in [0.15, 0.2) is 0 Å². The lowest BCUT2D eigenvalue weighted by Gasteiger charge is -1.92. The topological polar surface area (TPSA) is 63.6 Å². The third kappa shape index (κ3) is 2.56. The van der Waals surface area contributed by atoms with E-state index in [0.29, 0.717) is 4.34 Å². The van der Waals surface area contributed by atoms with E-state index in [1.54, 1.807) is 0 Å². The summed E-state index contributed by atoms with van der Waals surface area (Å²) in [5.41, 5.74) is 0. The van der Waals surface area contributed by atoms with Gasteiger partial charge in [0.1, 0.15) is 4.88 Å². The molecule has 1 rings (SSSR count). The van der Waals surface area contributed by atoms with Crippen LogP contribution in [0.2, 0.25) is 4.34 Å². The van der Waals surface area contributed by atoms with Crippen LogP contribution in [-0.4, -0.2) is 14.7 Å². The summed E-state index contributed by atoms with van der Waals surface area (Å²) in [5, 5.41) is 0. The molecule has 7 heteroatoms. The Morgan fingerprint density at radius 3 is 2.75 bits per heavy atom. The predicted octanol–water partition coefficient (Wildman–Crippen LogP) is 1.70. The minimum Gasteiger partial charge on any atom is -0.338 e. The molecule has 1 unspecified atom stereocenters. The molecule has 0 bridgehead atoms. The highest BCUT2D eigenvalue weighted by atomic mass is 35.5. The molecule has 0 radical (unpaired) electrons. The minimum absolute atomic E-state index is 0.197. The van der Waals surface area contributed by atoms with Crippen molar-refractivity contribution in [3.05, 3.63) is 21.3 Å². The van der Waals surface area contributed by atoms with Gasteiger partial charge in [-0.3, -0.25) is 4.55 Å². The molecule has 1 atom stereocenters. The number of thiophene rings is 1. The van der Waals surface area contributed by atoms with Crippen molar-refractivity contribution in [1.82, 2.24) is 0 Å². The Bertz CT molecular complexity index is 321. The fourth-order valence-corrected chi connectivity index (χ4v) is 1.72. The Morgan fingerprint density at radius 1 is 1.67 bits per heavy atom. The average Bonchev–Trinajstić information content (AvgIpc) is 2.34. The zero-order valence-corrected chi connectivity index (χ0v) is 7.91. The van der Waals surface area contributed by atoms with E-state index < -0.39 is 17.3 Å². The van der Waals surface area contributed by atoms with E-state index in [4.69, 9.17) is 16.2 Å². The van der Waals surface area contributed by atoms with Crippen molar-refractivity contribution >= 4 is 40.3 Å². The molecule has 0 aromatic carbocycles. The van der Waals surface area contributed by atoms with Crippen molar-refractivity contribution in [3.63, 3.8) is 0 Å². The van der Waals surface area contributed by atoms with Crippen LogP contribution >= 0.6 is 22.9 Å². The lowest BCUT2D eigenvalue weighted by atomic mass is 10.5. The smallest absolute Gasteiger partial charge is 0.338 e. The second-order valence-corrected chi connectivity index (χ2v) is 4.01. The lowest BCUT2D eigenvalue weighted by molar-refractivity contribution is 0.0748. The van der Waals surface area contributed by atoms with Crippen LogP contribution in [0.25, 0.3) is 0 Å². The van der Waals surface area contributed by atoms with E-state index in [9.17, 15) is 9.00 Å². The van der Waals surface area contributed by atoms with Gasteiger partial charge in [0.25, 0.3) is 0 Å². The van der Waals surface area contributed by atoms with E-state index in [2.05, 4.69) is 4.18 Å². The zero-order chi connectivity index (χ0) is 9.14. The molecular weight excluding hydrogens is 224 g/mol. The molecule has 0 saturated heterocycles. The normalized spacial score (nSPS) is 12.5. The fraction of sp³-hybridized carbons (Fsp3) is 0. The molecule has 66 valence electrons. The summed E-state index contributed by atoms with van der Waals surface area (Å²) in [7, 11) is 0. The maximum Gasteiger partial charge on any atom is 0.363 e. The number of halogens is 1. The highest BCUT2D eigenvalue weighted by Crippen LogP contribution is 2.21. The maximum absolute atomic E-state index is 10.8. The van der Waals surface area contributed by atoms with Gasteiger partial charge in [-0.15, -0.1) is 11.3 Å². The summed E-state index contributed by atoms with van der Waals surface area (Å²) < 4.78 is 22.6. The summed E-state index contributed by atoms with van der Waals surface area (Å²) >= 11 is 3.92. The van der Waals surface area contributed by atoms with Gasteiger partial charge < -0.3 is 4.18 Å². The van der Waals surface area contributed by atoms with Crippen LogP contribution in [0.3, 0.4) is 0 Å². The molecule has 0 spiro atoms. The first-order valence-electron chi connectivity index (χ1n) is 2.68. The molecule has 0 aliphatic carbocycles. The van der Waals surface area contributed by atoms with Crippen molar-refractivity contribution in [2.45, 2.75) is 0 Å². The molecule has 1 N–H and O–H groups in total. The molecule has 1 aromatic rings. The fourth-order valence-electron chi connectivity index (χ4n) is 0.530. The first-order valence-corrected chi connectivity index (χ1v) is 4.91. The van der Waals surface area contributed by atoms with Gasteiger partial charge in [-0.2, -0.15) is 4.21 Å². The highest BCUT2D eigenvalue weighted by molar-refractivity contribution is 7.74. The van der Waals surface area contributed by atoms with Gasteiger partial charge in [0.2, 0.25) is 0 Å². The number of hydrogen-bond donors (Lipinski definition) is 1. The molecular formula is C5H3ClO4S2. The van der Waals surface area contributed by atoms with Crippen LogP contribution in [0.15, 0.2) is 12.1 Å². The van der Waals surface area contributed by atoms with Crippen LogP contribution in [0.4, 0.5) is 0 Å². The number of rotatable bonds is 2. The molecule has 0 aliphatic heterocycles. The van der Waals surface area contributed by atoms with E-state index in [0.717, 1.165) is 11.3 Å². The third-order valence-corrected chi connectivity index (χ3v) is 2.43. The van der Waals surface area contributed by atoms with Gasteiger partial charge in [0.05, 0.1) is 4.34 Å². The van der Waals surface area contributed by atoms with E-state index in [-0.39, 0.29) is 4.88 Å². The second-order valence-electron chi connectivity index (χ2n) is 1.69. The third-order valence-electron chi connectivity index (χ3n) is 0.921. The van der Waals surface area contributed by atoms with E-state index in [1.165, 1.54) is 12.1 Å². The molecule has 1 aromatic heterocycles. The zero-order valence-electron chi connectivity index (χ0n) is 5.52. The monoisotopic (exact) mass is 226 g/mol. The van der Waals surface area contributed by atoms with Crippen LogP contribution < -0.4 is 0 Å². The summed E-state index contributed by atoms with van der Waals surface area (Å²) in [4.78, 5) is 11.0. The van der Waals surface area contributed by atoms with E-state index >= 15 is 0 Å². The second kappa shape index (κ2) is 3.99. The lowest BCUT2D eigenvalue weighted by Crippen LogP contribution is -2.04.